The third-order valence-corrected chi connectivity index (χ3v) is 9.31. The molecule has 0 radical (unpaired) electrons. The summed E-state index contributed by atoms with van der Waals surface area (Å²) in [4.78, 5) is 26.8. The van der Waals surface area contributed by atoms with Crippen LogP contribution in [-0.2, 0) is 28.5 Å². The highest BCUT2D eigenvalue weighted by molar-refractivity contribution is 6.03. The highest BCUT2D eigenvalue weighted by Crippen LogP contribution is 2.46. The minimum absolute atomic E-state index is 0.0857. The lowest BCUT2D eigenvalue weighted by molar-refractivity contribution is -0.335. The first kappa shape index (κ1) is 28.5. The molecule has 9 atom stereocenters. The predicted octanol–water partition coefficient (Wildman–Crippen LogP) is 5.13. The van der Waals surface area contributed by atoms with Crippen LogP contribution in [0.15, 0.2) is 47.1 Å². The van der Waals surface area contributed by atoms with Crippen molar-refractivity contribution >= 4 is 11.8 Å². The van der Waals surface area contributed by atoms with Crippen LogP contribution in [0.1, 0.15) is 79.6 Å². The number of carbonyl (C=O) groups is 2. The number of hydrogen-bond donors (Lipinski definition) is 1. The summed E-state index contributed by atoms with van der Waals surface area (Å²) in [5, 5.41) is 12.0. The molecule has 5 rings (SSSR count). The molecule has 214 valence electrons. The van der Waals surface area contributed by atoms with Gasteiger partial charge in [0.2, 0.25) is 0 Å². The average molecular weight is 541 g/mol. The van der Waals surface area contributed by atoms with Crippen molar-refractivity contribution in [2.45, 2.75) is 115 Å². The van der Waals surface area contributed by atoms with Crippen LogP contribution < -0.4 is 0 Å². The minimum atomic E-state index is -1.78. The van der Waals surface area contributed by atoms with Crippen LogP contribution in [-0.4, -0.2) is 59.3 Å². The van der Waals surface area contributed by atoms with E-state index in [1.54, 1.807) is 19.1 Å². The van der Waals surface area contributed by atoms with E-state index in [1.807, 2.05) is 6.08 Å². The molecule has 7 nitrogen and oxygen atoms in total. The molecule has 39 heavy (non-hydrogen) atoms. The van der Waals surface area contributed by atoms with E-state index in [4.69, 9.17) is 18.9 Å². The summed E-state index contributed by atoms with van der Waals surface area (Å²) in [6.07, 6.45) is 13.2. The quantitative estimate of drug-likeness (QED) is 0.364. The maximum Gasteiger partial charge on any atom is 0.316 e. The fourth-order valence-electron chi connectivity index (χ4n) is 7.07. The van der Waals surface area contributed by atoms with Crippen LogP contribution in [0.3, 0.4) is 0 Å². The Bertz CT molecular complexity index is 1100. The van der Waals surface area contributed by atoms with E-state index in [1.165, 1.54) is 5.57 Å². The van der Waals surface area contributed by atoms with Gasteiger partial charge in [0.15, 0.2) is 17.7 Å². The summed E-state index contributed by atoms with van der Waals surface area (Å²) in [6, 6.07) is 0. The molecule has 0 aromatic carbocycles. The van der Waals surface area contributed by atoms with Crippen molar-refractivity contribution in [3.63, 3.8) is 0 Å². The van der Waals surface area contributed by atoms with Gasteiger partial charge in [0.25, 0.3) is 0 Å². The Labute approximate surface area is 232 Å². The molecule has 0 aromatic heterocycles. The summed E-state index contributed by atoms with van der Waals surface area (Å²) < 4.78 is 25.3. The number of aliphatic hydroxyl groups is 1. The maximum atomic E-state index is 13.8. The Kier molecular flexibility index (Phi) is 8.08. The molecule has 9 unspecified atom stereocenters. The van der Waals surface area contributed by atoms with Crippen LogP contribution in [0.2, 0.25) is 0 Å². The van der Waals surface area contributed by atoms with Crippen molar-refractivity contribution in [1.82, 2.24) is 0 Å². The topological polar surface area (TPSA) is 91.3 Å². The molecule has 4 heterocycles. The number of allylic oxidation sites excluding steroid dienone is 4. The first-order valence-electron chi connectivity index (χ1n) is 14.7. The summed E-state index contributed by atoms with van der Waals surface area (Å²) >= 11 is 0. The normalized spacial score (nSPS) is 46.8. The highest BCUT2D eigenvalue weighted by atomic mass is 16.7. The molecule has 7 heteroatoms. The van der Waals surface area contributed by atoms with Gasteiger partial charge in [-0.15, -0.1) is 0 Å². The fourth-order valence-corrected chi connectivity index (χ4v) is 7.07. The molecular formula is C32H44O7. The van der Waals surface area contributed by atoms with E-state index in [0.29, 0.717) is 36.3 Å². The van der Waals surface area contributed by atoms with E-state index in [2.05, 4.69) is 39.8 Å². The molecule has 0 amide bonds. The Morgan fingerprint density at radius 1 is 1.13 bits per heavy atom. The molecule has 3 saturated heterocycles. The van der Waals surface area contributed by atoms with E-state index >= 15 is 0 Å². The zero-order valence-electron chi connectivity index (χ0n) is 24.0. The largest absolute Gasteiger partial charge is 0.462 e. The lowest BCUT2D eigenvalue weighted by Crippen LogP contribution is -2.57. The molecule has 1 aliphatic carbocycles. The van der Waals surface area contributed by atoms with E-state index < -0.39 is 35.5 Å². The van der Waals surface area contributed by atoms with E-state index in [0.717, 1.165) is 25.7 Å². The molecule has 5 aliphatic rings. The zero-order chi connectivity index (χ0) is 27.9. The second kappa shape index (κ2) is 11.1. The van der Waals surface area contributed by atoms with Crippen LogP contribution >= 0.6 is 0 Å². The average Bonchev–Trinajstić information content (AvgIpc) is 3.23. The van der Waals surface area contributed by atoms with Crippen molar-refractivity contribution in [1.29, 1.82) is 0 Å². The molecular weight excluding hydrogens is 496 g/mol. The third-order valence-electron chi connectivity index (χ3n) is 9.31. The number of fused-ring (bicyclic) bond motifs is 2. The van der Waals surface area contributed by atoms with Gasteiger partial charge in [-0.2, -0.15) is 0 Å². The van der Waals surface area contributed by atoms with Crippen LogP contribution in [0.25, 0.3) is 0 Å². The number of Topliss-reactive ketones (excluding diaryl/α,β-unsaturated/α-hetero) is 1. The number of ether oxygens (including phenoxy) is 4. The lowest BCUT2D eigenvalue weighted by Gasteiger charge is -2.49. The monoisotopic (exact) mass is 540 g/mol. The van der Waals surface area contributed by atoms with Crippen LogP contribution in [0, 0.1) is 17.8 Å². The standard InChI is InChI=1S/C32H44O7/c1-6-27-21(4)12-13-31(39-27)17-25-16-24(38-31)11-10-20(3)14-19(2)8-7-9-23-18-36-29-28(33)22(5)15-26(30(34)37-25)32(23,29)35/h7-10,15,19,21,24-27,29,35H,6,11-14,16-18H2,1-5H3/b8-7+,20-10+,23-9+. The molecule has 0 saturated carbocycles. The zero-order valence-corrected chi connectivity index (χ0v) is 24.0. The van der Waals surface area contributed by atoms with Crippen molar-refractivity contribution in [2.24, 2.45) is 17.8 Å². The number of ketones is 1. The van der Waals surface area contributed by atoms with Gasteiger partial charge in [0, 0.05) is 19.3 Å². The van der Waals surface area contributed by atoms with Gasteiger partial charge in [-0.3, -0.25) is 9.59 Å². The van der Waals surface area contributed by atoms with Crippen molar-refractivity contribution in [2.75, 3.05) is 6.61 Å². The Hall–Kier alpha value is -2.06. The molecule has 1 spiro atoms. The van der Waals surface area contributed by atoms with Crippen LogP contribution in [0.5, 0.6) is 0 Å². The van der Waals surface area contributed by atoms with Crippen molar-refractivity contribution in [3.8, 4) is 0 Å². The second-order valence-corrected chi connectivity index (χ2v) is 12.5. The SMILES string of the molecule is CCC1OC2(CCC1C)CC1CC(C/C=C(\C)CC(C)/C=C/C=C3\COC4C(=O)C(C)=CC(C(=O)O1)C34O)O2. The minimum Gasteiger partial charge on any atom is -0.462 e. The Morgan fingerprint density at radius 3 is 2.69 bits per heavy atom. The van der Waals surface area contributed by atoms with E-state index in [-0.39, 0.29) is 30.5 Å². The molecule has 3 fully saturated rings. The second-order valence-electron chi connectivity index (χ2n) is 12.5. The van der Waals surface area contributed by atoms with Crippen molar-refractivity contribution in [3.05, 3.63) is 47.1 Å². The summed E-state index contributed by atoms with van der Waals surface area (Å²) in [6.45, 7) is 10.4. The fraction of sp³-hybridized carbons (Fsp3) is 0.688. The highest BCUT2D eigenvalue weighted by Gasteiger charge is 2.60. The first-order chi connectivity index (χ1) is 18.5. The maximum absolute atomic E-state index is 13.8. The Balaban J connectivity index is 1.51. The number of hydrogen-bond acceptors (Lipinski definition) is 7. The molecule has 0 aromatic rings. The smallest absolute Gasteiger partial charge is 0.316 e. The summed E-state index contributed by atoms with van der Waals surface area (Å²) in [7, 11) is 0. The van der Waals surface area contributed by atoms with Crippen LogP contribution in [0.4, 0.5) is 0 Å². The van der Waals surface area contributed by atoms with Gasteiger partial charge in [-0.05, 0) is 62.5 Å². The van der Waals surface area contributed by atoms with E-state index in [9.17, 15) is 14.7 Å². The van der Waals surface area contributed by atoms with Gasteiger partial charge in [-0.25, -0.2) is 0 Å². The predicted molar refractivity (Wildman–Crippen MR) is 147 cm³/mol. The van der Waals surface area contributed by atoms with Gasteiger partial charge >= 0.3 is 5.97 Å². The summed E-state index contributed by atoms with van der Waals surface area (Å²) in [5.74, 6) is -1.95. The number of rotatable bonds is 1. The Morgan fingerprint density at radius 2 is 1.92 bits per heavy atom. The molecule has 2 bridgehead atoms. The number of carbonyl (C=O) groups excluding carboxylic acids is 2. The molecule has 1 N–H and O–H groups in total. The van der Waals surface area contributed by atoms with Gasteiger partial charge in [0.05, 0.1) is 18.8 Å². The number of esters is 1. The molecule has 4 aliphatic heterocycles. The first-order valence-corrected chi connectivity index (χ1v) is 14.7. The van der Waals surface area contributed by atoms with Gasteiger partial charge in [0.1, 0.15) is 17.6 Å². The van der Waals surface area contributed by atoms with Crippen molar-refractivity contribution < 1.29 is 33.6 Å². The summed E-state index contributed by atoms with van der Waals surface area (Å²) in [5.41, 5.74) is 0.421. The van der Waals surface area contributed by atoms with Gasteiger partial charge < -0.3 is 24.1 Å². The van der Waals surface area contributed by atoms with Gasteiger partial charge in [-0.1, -0.05) is 56.7 Å². The lowest BCUT2D eigenvalue weighted by atomic mass is 9.71. The third kappa shape index (κ3) is 5.48.